The normalized spacial score (nSPS) is 25.2. The molecule has 0 spiro atoms. The zero-order chi connectivity index (χ0) is 20.5. The highest BCUT2D eigenvalue weighted by Gasteiger charge is 2.45. The molecule has 1 aromatic rings. The van der Waals surface area contributed by atoms with E-state index in [0.29, 0.717) is 23.7 Å². The van der Waals surface area contributed by atoms with E-state index in [1.165, 1.54) is 0 Å². The predicted molar refractivity (Wildman–Crippen MR) is 105 cm³/mol. The summed E-state index contributed by atoms with van der Waals surface area (Å²) in [7, 11) is 2.05. The monoisotopic (exact) mass is 398 g/mol. The number of nitrogens with zero attached hydrogens (tertiary/aromatic N) is 2. The summed E-state index contributed by atoms with van der Waals surface area (Å²) in [6, 6.07) is 4.79. The molecule has 4 rings (SSSR count). The summed E-state index contributed by atoms with van der Waals surface area (Å²) in [4.78, 5) is 53.1. The molecule has 2 unspecified atom stereocenters. The fraction of sp³-hybridized carbons (Fsp3) is 0.524. The van der Waals surface area contributed by atoms with Gasteiger partial charge in [0.25, 0.3) is 11.8 Å². The van der Waals surface area contributed by atoms with Crippen molar-refractivity contribution in [3.63, 3.8) is 0 Å². The van der Waals surface area contributed by atoms with Gasteiger partial charge < -0.3 is 5.32 Å². The lowest BCUT2D eigenvalue weighted by Crippen LogP contribution is -2.54. The lowest BCUT2D eigenvalue weighted by Gasteiger charge is -2.28. The number of rotatable bonds is 4. The van der Waals surface area contributed by atoms with Gasteiger partial charge in [0.05, 0.1) is 11.1 Å². The number of amides is 4. The molecule has 2 saturated heterocycles. The molecule has 2 atom stereocenters. The van der Waals surface area contributed by atoms with Crippen LogP contribution in [0, 0.1) is 0 Å². The third-order valence-corrected chi connectivity index (χ3v) is 6.14. The van der Waals surface area contributed by atoms with Gasteiger partial charge in [0, 0.05) is 19.0 Å². The minimum absolute atomic E-state index is 0.120. The molecule has 1 aromatic carbocycles. The molecule has 8 nitrogen and oxygen atoms in total. The van der Waals surface area contributed by atoms with Gasteiger partial charge >= 0.3 is 0 Å². The van der Waals surface area contributed by atoms with Crippen LogP contribution in [0.1, 0.15) is 58.4 Å². The Hall–Kier alpha value is -2.58. The number of imide groups is 2. The molecule has 0 bridgehead atoms. The molecular formula is C21H26N4O4. The number of nitrogens with one attached hydrogen (secondary N) is 2. The molecule has 0 radical (unpaired) electrons. The second-order valence-electron chi connectivity index (χ2n) is 8.04. The predicted octanol–water partition coefficient (Wildman–Crippen LogP) is 0.662. The maximum atomic E-state index is 13.2. The van der Waals surface area contributed by atoms with Crippen molar-refractivity contribution in [1.82, 2.24) is 20.4 Å². The average molecular weight is 398 g/mol. The van der Waals surface area contributed by atoms with E-state index in [-0.39, 0.29) is 18.7 Å². The van der Waals surface area contributed by atoms with E-state index in [9.17, 15) is 19.2 Å². The Morgan fingerprint density at radius 2 is 1.90 bits per heavy atom. The highest BCUT2D eigenvalue weighted by molar-refractivity contribution is 6.24. The van der Waals surface area contributed by atoms with Gasteiger partial charge in [-0.15, -0.1) is 0 Å². The zero-order valence-electron chi connectivity index (χ0n) is 16.6. The quantitative estimate of drug-likeness (QED) is 0.723. The number of hydrogen-bond acceptors (Lipinski definition) is 6. The fourth-order valence-electron chi connectivity index (χ4n) is 4.56. The van der Waals surface area contributed by atoms with Crippen LogP contribution in [-0.4, -0.2) is 65.6 Å². The minimum atomic E-state index is -0.932. The van der Waals surface area contributed by atoms with E-state index in [4.69, 9.17) is 0 Å². The van der Waals surface area contributed by atoms with Crippen LogP contribution in [-0.2, 0) is 16.1 Å². The number of fused-ring (bicyclic) bond motifs is 1. The Morgan fingerprint density at radius 1 is 1.07 bits per heavy atom. The molecule has 2 fully saturated rings. The van der Waals surface area contributed by atoms with Gasteiger partial charge in [-0.3, -0.25) is 34.3 Å². The smallest absolute Gasteiger partial charge is 0.262 e. The lowest BCUT2D eigenvalue weighted by molar-refractivity contribution is -0.136. The van der Waals surface area contributed by atoms with Crippen LogP contribution >= 0.6 is 0 Å². The van der Waals surface area contributed by atoms with E-state index >= 15 is 0 Å². The summed E-state index contributed by atoms with van der Waals surface area (Å²) in [6.45, 7) is 2.57. The summed E-state index contributed by atoms with van der Waals surface area (Å²) in [6.07, 6.45) is 3.53. The third kappa shape index (κ3) is 3.70. The van der Waals surface area contributed by atoms with Crippen molar-refractivity contribution in [1.29, 1.82) is 0 Å². The van der Waals surface area contributed by atoms with Crippen LogP contribution in [0.25, 0.3) is 0 Å². The Kier molecular flexibility index (Phi) is 5.47. The topological polar surface area (TPSA) is 98.8 Å². The maximum Gasteiger partial charge on any atom is 0.262 e. The molecule has 3 aliphatic rings. The first-order valence-corrected chi connectivity index (χ1v) is 10.2. The second-order valence-corrected chi connectivity index (χ2v) is 8.04. The summed E-state index contributed by atoms with van der Waals surface area (Å²) in [5.41, 5.74) is 1.53. The summed E-state index contributed by atoms with van der Waals surface area (Å²) in [5.74, 6) is -1.85. The van der Waals surface area contributed by atoms with Gasteiger partial charge in [-0.05, 0) is 57.5 Å². The minimum Gasteiger partial charge on any atom is -0.317 e. The fourth-order valence-corrected chi connectivity index (χ4v) is 4.56. The van der Waals surface area contributed by atoms with Crippen LogP contribution in [0.5, 0.6) is 0 Å². The second kappa shape index (κ2) is 8.04. The van der Waals surface area contributed by atoms with Crippen LogP contribution in [0.3, 0.4) is 0 Å². The number of hydrogen-bond donors (Lipinski definition) is 2. The van der Waals surface area contributed by atoms with E-state index in [1.54, 1.807) is 12.1 Å². The summed E-state index contributed by atoms with van der Waals surface area (Å²) < 4.78 is 0. The van der Waals surface area contributed by atoms with Crippen LogP contribution in [0.15, 0.2) is 18.2 Å². The molecule has 8 heteroatoms. The van der Waals surface area contributed by atoms with Gasteiger partial charge in [0.1, 0.15) is 6.04 Å². The van der Waals surface area contributed by atoms with Crippen molar-refractivity contribution in [2.75, 3.05) is 20.1 Å². The van der Waals surface area contributed by atoms with Crippen molar-refractivity contribution >= 4 is 23.6 Å². The Labute approximate surface area is 169 Å². The van der Waals surface area contributed by atoms with Gasteiger partial charge in [-0.1, -0.05) is 12.1 Å². The molecular weight excluding hydrogens is 372 g/mol. The molecule has 4 amide bonds. The standard InChI is InChI=1S/C21H26N4O4/c1-24(14-5-3-10-22-11-9-14)12-13-4-2-6-15-18(13)21(29)25(20(15)28)16-7-8-17(26)23-19(16)27/h2,4,6,14,16,22H,3,5,7-12H2,1H3,(H,23,26,27). The van der Waals surface area contributed by atoms with Crippen LogP contribution in [0.4, 0.5) is 0 Å². The first-order valence-electron chi connectivity index (χ1n) is 10.2. The van der Waals surface area contributed by atoms with E-state index in [2.05, 4.69) is 22.6 Å². The Bertz CT molecular complexity index is 860. The summed E-state index contributed by atoms with van der Waals surface area (Å²) in [5, 5.41) is 5.64. The molecule has 154 valence electrons. The number of carbonyl (C=O) groups is 4. The molecule has 29 heavy (non-hydrogen) atoms. The molecule has 3 aliphatic heterocycles. The first-order chi connectivity index (χ1) is 14.0. The van der Waals surface area contributed by atoms with Gasteiger partial charge in [0.15, 0.2) is 0 Å². The highest BCUT2D eigenvalue weighted by atomic mass is 16.2. The van der Waals surface area contributed by atoms with Crippen molar-refractivity contribution < 1.29 is 19.2 Å². The number of carbonyl (C=O) groups excluding carboxylic acids is 4. The molecule has 0 saturated carbocycles. The molecule has 3 heterocycles. The van der Waals surface area contributed by atoms with E-state index in [0.717, 1.165) is 42.8 Å². The van der Waals surface area contributed by atoms with E-state index in [1.807, 2.05) is 6.07 Å². The van der Waals surface area contributed by atoms with Gasteiger partial charge in [0.2, 0.25) is 11.8 Å². The van der Waals surface area contributed by atoms with Gasteiger partial charge in [-0.25, -0.2) is 0 Å². The number of piperidine rings is 1. The van der Waals surface area contributed by atoms with Gasteiger partial charge in [-0.2, -0.15) is 0 Å². The van der Waals surface area contributed by atoms with Crippen LogP contribution in [0.2, 0.25) is 0 Å². The van der Waals surface area contributed by atoms with Crippen molar-refractivity contribution in [2.45, 2.75) is 50.7 Å². The average Bonchev–Trinajstić information content (AvgIpc) is 2.87. The van der Waals surface area contributed by atoms with Crippen molar-refractivity contribution in [3.8, 4) is 0 Å². The Balaban J connectivity index is 1.57. The molecule has 0 aliphatic carbocycles. The maximum absolute atomic E-state index is 13.2. The largest absolute Gasteiger partial charge is 0.317 e. The van der Waals surface area contributed by atoms with E-state index < -0.39 is 23.8 Å². The molecule has 0 aromatic heterocycles. The lowest BCUT2D eigenvalue weighted by atomic mass is 10.0. The Morgan fingerprint density at radius 3 is 2.69 bits per heavy atom. The van der Waals surface area contributed by atoms with Crippen LogP contribution < -0.4 is 10.6 Å². The highest BCUT2D eigenvalue weighted by Crippen LogP contribution is 2.31. The van der Waals surface area contributed by atoms with Crippen molar-refractivity contribution in [2.24, 2.45) is 0 Å². The third-order valence-electron chi connectivity index (χ3n) is 6.14. The number of benzene rings is 1. The first kappa shape index (κ1) is 19.7. The summed E-state index contributed by atoms with van der Waals surface area (Å²) >= 11 is 0. The van der Waals surface area contributed by atoms with Crippen molar-refractivity contribution in [3.05, 3.63) is 34.9 Å². The molecule has 2 N–H and O–H groups in total. The SMILES string of the molecule is CN(Cc1cccc2c1C(=O)N(C1CCC(=O)NC1=O)C2=O)C1CCCNCC1. The zero-order valence-corrected chi connectivity index (χ0v) is 16.6.